The number of phenolic OH excluding ortho intramolecular Hbond substituents is 2. The first-order valence-electron chi connectivity index (χ1n) is 15.7. The largest absolute Gasteiger partial charge is 0.507 e. The molecule has 2 atom stereocenters. The molecule has 0 radical (unpaired) electrons. The summed E-state index contributed by atoms with van der Waals surface area (Å²) in [5.41, 5.74) is 2.15. The van der Waals surface area contributed by atoms with Crippen LogP contribution >= 0.6 is 0 Å². The number of Topliss-reactive ketones (excluding diaryl/α,β-unsaturated/α-hetero) is 1. The topological polar surface area (TPSA) is 122 Å². The third kappa shape index (κ3) is 9.45. The molecule has 4 rings (SSSR count). The molecular weight excluding hydrogens is 570 g/mol. The van der Waals surface area contributed by atoms with Crippen molar-refractivity contribution in [3.63, 3.8) is 0 Å². The highest BCUT2D eigenvalue weighted by atomic mass is 16.5. The number of hydrogen-bond donors (Lipinski definition) is 3. The zero-order chi connectivity index (χ0) is 32.2. The average molecular weight is 614 g/mol. The van der Waals surface area contributed by atoms with Crippen LogP contribution in [0.1, 0.15) is 96.8 Å². The normalized spacial score (nSPS) is 17.3. The van der Waals surface area contributed by atoms with Crippen molar-refractivity contribution < 1.29 is 34.1 Å². The van der Waals surface area contributed by atoms with E-state index < -0.39 is 23.7 Å². The second-order valence-corrected chi connectivity index (χ2v) is 11.5. The van der Waals surface area contributed by atoms with Gasteiger partial charge >= 0.3 is 5.97 Å². The van der Waals surface area contributed by atoms with Crippen LogP contribution in [0.3, 0.4) is 0 Å². The maximum Gasteiger partial charge on any atom is 0.342 e. The number of cyclic esters (lactones) is 1. The standard InChI is InChI=1S/C37H43NO7/c1-25-11-9-17-29(39)16-8-4-7-15-28-23-32(40)35(36(42)34(28)37(43)45-25)31(27-18-20-30(44-2)21-19-27)24-33(41)38-22-10-14-26-12-5-3-6-13-26/h3,5-7,12-13,15,18-21,23,25,31,40,42H,4,8-11,14,16-17,22,24H2,1-2H3,(H,38,41)/b15-7+/t25-,31?/m0/s1. The van der Waals surface area contributed by atoms with E-state index in [1.807, 2.05) is 36.4 Å². The lowest BCUT2D eigenvalue weighted by Gasteiger charge is -2.23. The molecule has 1 aliphatic rings. The summed E-state index contributed by atoms with van der Waals surface area (Å²) in [5.74, 6) is -1.63. The van der Waals surface area contributed by atoms with Gasteiger partial charge in [0.1, 0.15) is 28.6 Å². The Labute approximate surface area is 265 Å². The Kier molecular flexibility index (Phi) is 12.2. The van der Waals surface area contributed by atoms with Crippen molar-refractivity contribution in [1.29, 1.82) is 0 Å². The summed E-state index contributed by atoms with van der Waals surface area (Å²) in [6.45, 7) is 2.22. The Bertz CT molecular complexity index is 1480. The van der Waals surface area contributed by atoms with E-state index in [-0.39, 0.29) is 35.0 Å². The fraction of sp³-hybridized carbons (Fsp3) is 0.378. The predicted octanol–water partition coefficient (Wildman–Crippen LogP) is 6.86. The SMILES string of the molecule is COc1ccc(C(CC(=O)NCCCc2ccccc2)c2c(O)cc3c(c2O)C(=O)O[C@@H](C)CCCC(=O)CCC/C=C/3)cc1. The number of rotatable bonds is 9. The van der Waals surface area contributed by atoms with Crippen LogP contribution < -0.4 is 10.1 Å². The molecule has 0 fully saturated rings. The minimum absolute atomic E-state index is 0.0687. The number of aromatic hydroxyl groups is 2. The number of ketones is 1. The molecule has 0 spiro atoms. The third-order valence-electron chi connectivity index (χ3n) is 8.11. The zero-order valence-electron chi connectivity index (χ0n) is 26.1. The van der Waals surface area contributed by atoms with Gasteiger partial charge in [-0.1, -0.05) is 54.6 Å². The van der Waals surface area contributed by atoms with Crippen LogP contribution in [-0.2, 0) is 20.7 Å². The lowest BCUT2D eigenvalue weighted by Crippen LogP contribution is -2.27. The van der Waals surface area contributed by atoms with Crippen molar-refractivity contribution in [3.8, 4) is 17.2 Å². The van der Waals surface area contributed by atoms with Gasteiger partial charge in [-0.15, -0.1) is 0 Å². The van der Waals surface area contributed by atoms with Crippen molar-refractivity contribution in [3.05, 3.63) is 94.6 Å². The molecule has 0 saturated carbocycles. The van der Waals surface area contributed by atoms with Gasteiger partial charge < -0.3 is 25.0 Å². The first kappa shape index (κ1) is 33.3. The lowest BCUT2D eigenvalue weighted by molar-refractivity contribution is -0.121. The minimum atomic E-state index is -0.774. The zero-order valence-corrected chi connectivity index (χ0v) is 26.1. The molecule has 1 amide bonds. The highest BCUT2D eigenvalue weighted by Gasteiger charge is 2.31. The number of carbonyl (C=O) groups is 3. The number of phenols is 2. The van der Waals surface area contributed by atoms with Crippen LogP contribution in [0.2, 0.25) is 0 Å². The van der Waals surface area contributed by atoms with Crippen LogP contribution in [0.4, 0.5) is 0 Å². The third-order valence-corrected chi connectivity index (χ3v) is 8.11. The van der Waals surface area contributed by atoms with E-state index in [0.29, 0.717) is 61.9 Å². The van der Waals surface area contributed by atoms with E-state index in [9.17, 15) is 24.6 Å². The molecule has 3 N–H and O–H groups in total. The van der Waals surface area contributed by atoms with E-state index in [2.05, 4.69) is 5.32 Å². The fourth-order valence-electron chi connectivity index (χ4n) is 5.66. The number of hydrogen-bond acceptors (Lipinski definition) is 7. The van der Waals surface area contributed by atoms with Gasteiger partial charge in [0.05, 0.1) is 13.2 Å². The van der Waals surface area contributed by atoms with Gasteiger partial charge in [0.25, 0.3) is 0 Å². The summed E-state index contributed by atoms with van der Waals surface area (Å²) < 4.78 is 11.0. The van der Waals surface area contributed by atoms with Gasteiger partial charge in [-0.25, -0.2) is 4.79 Å². The van der Waals surface area contributed by atoms with Gasteiger partial charge in [-0.05, 0) is 80.3 Å². The Hall–Kier alpha value is -4.59. The van der Waals surface area contributed by atoms with Crippen molar-refractivity contribution in [2.75, 3.05) is 13.7 Å². The summed E-state index contributed by atoms with van der Waals surface area (Å²) in [5, 5.41) is 26.0. The smallest absolute Gasteiger partial charge is 0.342 e. The minimum Gasteiger partial charge on any atom is -0.507 e. The summed E-state index contributed by atoms with van der Waals surface area (Å²) in [6, 6.07) is 18.5. The van der Waals surface area contributed by atoms with Gasteiger partial charge in [-0.3, -0.25) is 9.59 Å². The maximum absolute atomic E-state index is 13.5. The average Bonchev–Trinajstić information content (AvgIpc) is 3.02. The lowest BCUT2D eigenvalue weighted by atomic mass is 9.84. The second-order valence-electron chi connectivity index (χ2n) is 11.5. The van der Waals surface area contributed by atoms with Crippen molar-refractivity contribution in [1.82, 2.24) is 5.32 Å². The first-order chi connectivity index (χ1) is 21.8. The predicted molar refractivity (Wildman–Crippen MR) is 174 cm³/mol. The van der Waals surface area contributed by atoms with Crippen LogP contribution in [0.25, 0.3) is 6.08 Å². The molecule has 0 aromatic heterocycles. The number of benzene rings is 3. The molecule has 3 aromatic carbocycles. The van der Waals surface area contributed by atoms with E-state index in [1.165, 1.54) is 11.6 Å². The molecule has 8 heteroatoms. The highest BCUT2D eigenvalue weighted by Crippen LogP contribution is 2.44. The Balaban J connectivity index is 1.66. The Morgan fingerprint density at radius 2 is 1.78 bits per heavy atom. The fourth-order valence-corrected chi connectivity index (χ4v) is 5.66. The molecule has 1 aliphatic heterocycles. The van der Waals surface area contributed by atoms with Gasteiger partial charge in [0.15, 0.2) is 0 Å². The molecular formula is C37H43NO7. The molecule has 238 valence electrons. The van der Waals surface area contributed by atoms with Crippen LogP contribution in [0.15, 0.2) is 66.7 Å². The second kappa shape index (κ2) is 16.5. The summed E-state index contributed by atoms with van der Waals surface area (Å²) in [6.07, 6.45) is 7.76. The summed E-state index contributed by atoms with van der Waals surface area (Å²) in [7, 11) is 1.55. The number of fused-ring (bicyclic) bond motifs is 1. The van der Waals surface area contributed by atoms with Crippen molar-refractivity contribution in [2.24, 2.45) is 0 Å². The molecule has 0 bridgehead atoms. The molecule has 1 heterocycles. The van der Waals surface area contributed by atoms with Gasteiger partial charge in [0.2, 0.25) is 5.91 Å². The molecule has 8 nitrogen and oxygen atoms in total. The van der Waals surface area contributed by atoms with E-state index in [4.69, 9.17) is 9.47 Å². The van der Waals surface area contributed by atoms with Crippen LogP contribution in [0, 0.1) is 0 Å². The van der Waals surface area contributed by atoms with E-state index in [1.54, 1.807) is 44.4 Å². The maximum atomic E-state index is 13.5. The molecule has 0 saturated heterocycles. The Morgan fingerprint density at radius 3 is 2.51 bits per heavy atom. The summed E-state index contributed by atoms with van der Waals surface area (Å²) >= 11 is 0. The number of ether oxygens (including phenoxy) is 2. The number of methoxy groups -OCH3 is 1. The number of allylic oxidation sites excluding steroid dienone is 1. The monoisotopic (exact) mass is 613 g/mol. The Morgan fingerprint density at radius 1 is 1.04 bits per heavy atom. The molecule has 1 unspecified atom stereocenters. The van der Waals surface area contributed by atoms with Crippen LogP contribution in [-0.4, -0.2) is 47.6 Å². The number of carbonyl (C=O) groups excluding carboxylic acids is 3. The van der Waals surface area contributed by atoms with Crippen LogP contribution in [0.5, 0.6) is 17.2 Å². The van der Waals surface area contributed by atoms with E-state index in [0.717, 1.165) is 12.8 Å². The molecule has 3 aromatic rings. The number of amides is 1. The first-order valence-corrected chi connectivity index (χ1v) is 15.7. The number of nitrogens with one attached hydrogen (secondary N) is 1. The van der Waals surface area contributed by atoms with Crippen molar-refractivity contribution >= 4 is 23.7 Å². The van der Waals surface area contributed by atoms with Crippen molar-refractivity contribution in [2.45, 2.75) is 76.7 Å². The molecule has 0 aliphatic carbocycles. The van der Waals surface area contributed by atoms with Gasteiger partial charge in [-0.2, -0.15) is 0 Å². The summed E-state index contributed by atoms with van der Waals surface area (Å²) in [4.78, 5) is 38.9. The van der Waals surface area contributed by atoms with Gasteiger partial charge in [0, 0.05) is 37.3 Å². The highest BCUT2D eigenvalue weighted by molar-refractivity contribution is 5.98. The van der Waals surface area contributed by atoms with E-state index >= 15 is 0 Å². The number of esters is 1. The molecule has 45 heavy (non-hydrogen) atoms. The quantitative estimate of drug-likeness (QED) is 0.178. The number of aryl methyl sites for hydroxylation is 1.